The predicted octanol–water partition coefficient (Wildman–Crippen LogP) is 5.92. The molecular formula is C17H23Br. The quantitative estimate of drug-likeness (QED) is 0.548. The van der Waals surface area contributed by atoms with E-state index in [1.165, 1.54) is 66.1 Å². The summed E-state index contributed by atoms with van der Waals surface area (Å²) in [6.07, 6.45) is 15.1. The van der Waals surface area contributed by atoms with Crippen molar-refractivity contribution in [3.63, 3.8) is 0 Å². The van der Waals surface area contributed by atoms with Crippen molar-refractivity contribution < 1.29 is 0 Å². The second kappa shape index (κ2) is 7.13. The Bertz CT molecular complexity index is 418. The molecule has 18 heavy (non-hydrogen) atoms. The Balaban J connectivity index is 1.80. The molecule has 0 atom stereocenters. The van der Waals surface area contributed by atoms with E-state index in [0.29, 0.717) is 0 Å². The fraction of sp³-hybridized carbons (Fsp3) is 0.529. The van der Waals surface area contributed by atoms with Crippen LogP contribution < -0.4 is 0 Å². The van der Waals surface area contributed by atoms with Gasteiger partial charge in [0.1, 0.15) is 0 Å². The lowest BCUT2D eigenvalue weighted by atomic mass is 10.0. The molecule has 0 saturated carbocycles. The van der Waals surface area contributed by atoms with Crippen molar-refractivity contribution >= 4 is 22.0 Å². The average molecular weight is 307 g/mol. The van der Waals surface area contributed by atoms with E-state index in [2.05, 4.69) is 47.1 Å². The number of fused-ring (bicyclic) bond motifs is 1. The fourth-order valence-corrected chi connectivity index (χ4v) is 3.36. The predicted molar refractivity (Wildman–Crippen MR) is 84.0 cm³/mol. The summed E-state index contributed by atoms with van der Waals surface area (Å²) in [4.78, 5) is 0. The first-order chi connectivity index (χ1) is 8.83. The van der Waals surface area contributed by atoms with Crippen LogP contribution in [0.1, 0.15) is 62.1 Å². The zero-order valence-corrected chi connectivity index (χ0v) is 12.9. The van der Waals surface area contributed by atoms with Crippen LogP contribution in [0.25, 0.3) is 6.08 Å². The summed E-state index contributed by atoms with van der Waals surface area (Å²) in [5.74, 6) is 0. The number of allylic oxidation sites excluding steroid dienone is 1. The Hall–Kier alpha value is -0.560. The Kier molecular flexibility index (Phi) is 5.49. The van der Waals surface area contributed by atoms with E-state index in [4.69, 9.17) is 0 Å². The first-order valence-corrected chi connectivity index (χ1v) is 8.09. The smallest absolute Gasteiger partial charge is 0.0248 e. The van der Waals surface area contributed by atoms with Gasteiger partial charge in [-0.3, -0.25) is 0 Å². The van der Waals surface area contributed by atoms with Crippen molar-refractivity contribution in [2.75, 3.05) is 0 Å². The van der Waals surface area contributed by atoms with Gasteiger partial charge in [-0.25, -0.2) is 0 Å². The Morgan fingerprint density at radius 2 is 1.83 bits per heavy atom. The van der Waals surface area contributed by atoms with Gasteiger partial charge in [0.15, 0.2) is 0 Å². The lowest BCUT2D eigenvalue weighted by Crippen LogP contribution is -1.93. The van der Waals surface area contributed by atoms with Gasteiger partial charge in [0.2, 0.25) is 0 Å². The van der Waals surface area contributed by atoms with Gasteiger partial charge in [0.05, 0.1) is 0 Å². The number of hydrogen-bond donors (Lipinski definition) is 0. The zero-order valence-electron chi connectivity index (χ0n) is 11.3. The third-order valence-corrected chi connectivity index (χ3v) is 4.77. The van der Waals surface area contributed by atoms with E-state index < -0.39 is 0 Å². The SMILES string of the molecule is CCCCCCCCc1ccc2c(c1Br)CC=C2. The van der Waals surface area contributed by atoms with Crippen molar-refractivity contribution in [2.45, 2.75) is 58.3 Å². The highest BCUT2D eigenvalue weighted by molar-refractivity contribution is 9.10. The van der Waals surface area contributed by atoms with E-state index in [-0.39, 0.29) is 0 Å². The van der Waals surface area contributed by atoms with Crippen molar-refractivity contribution in [1.29, 1.82) is 0 Å². The van der Waals surface area contributed by atoms with Gasteiger partial charge in [-0.15, -0.1) is 0 Å². The second-order valence-corrected chi connectivity index (χ2v) is 6.02. The second-order valence-electron chi connectivity index (χ2n) is 5.23. The lowest BCUT2D eigenvalue weighted by Gasteiger charge is -2.09. The number of hydrogen-bond acceptors (Lipinski definition) is 0. The van der Waals surface area contributed by atoms with Crippen LogP contribution in [-0.2, 0) is 12.8 Å². The van der Waals surface area contributed by atoms with Crippen LogP contribution in [0.15, 0.2) is 22.7 Å². The Labute approximate surface area is 120 Å². The maximum absolute atomic E-state index is 3.79. The highest BCUT2D eigenvalue weighted by Crippen LogP contribution is 2.31. The van der Waals surface area contributed by atoms with E-state index in [9.17, 15) is 0 Å². The standard InChI is InChI=1S/C17H23Br/c1-2-3-4-5-6-7-9-15-13-12-14-10-8-11-16(14)17(15)18/h8,10,12-13H,2-7,9,11H2,1H3. The van der Waals surface area contributed by atoms with Gasteiger partial charge in [-0.05, 0) is 36.0 Å². The largest absolute Gasteiger partial charge is 0.0795 e. The minimum absolute atomic E-state index is 1.10. The van der Waals surface area contributed by atoms with E-state index >= 15 is 0 Å². The maximum Gasteiger partial charge on any atom is 0.0248 e. The number of halogens is 1. The molecule has 0 radical (unpaired) electrons. The molecule has 0 saturated heterocycles. The van der Waals surface area contributed by atoms with Crippen molar-refractivity contribution in [2.24, 2.45) is 0 Å². The summed E-state index contributed by atoms with van der Waals surface area (Å²) in [5, 5.41) is 0. The lowest BCUT2D eigenvalue weighted by molar-refractivity contribution is 0.607. The number of benzene rings is 1. The molecule has 0 bridgehead atoms. The zero-order chi connectivity index (χ0) is 12.8. The molecular weight excluding hydrogens is 284 g/mol. The van der Waals surface area contributed by atoms with Crippen LogP contribution in [0, 0.1) is 0 Å². The molecule has 0 aromatic heterocycles. The highest BCUT2D eigenvalue weighted by atomic mass is 79.9. The van der Waals surface area contributed by atoms with Crippen LogP contribution in [-0.4, -0.2) is 0 Å². The molecule has 1 aromatic rings. The van der Waals surface area contributed by atoms with Crippen molar-refractivity contribution in [1.82, 2.24) is 0 Å². The molecule has 1 aromatic carbocycles. The van der Waals surface area contributed by atoms with Crippen LogP contribution in [0.3, 0.4) is 0 Å². The Morgan fingerprint density at radius 3 is 2.67 bits per heavy atom. The molecule has 1 aliphatic carbocycles. The van der Waals surface area contributed by atoms with Crippen LogP contribution >= 0.6 is 15.9 Å². The van der Waals surface area contributed by atoms with E-state index in [0.717, 1.165) is 6.42 Å². The van der Waals surface area contributed by atoms with Crippen molar-refractivity contribution in [3.8, 4) is 0 Å². The molecule has 0 spiro atoms. The van der Waals surface area contributed by atoms with Crippen molar-refractivity contribution in [3.05, 3.63) is 39.4 Å². The minimum atomic E-state index is 1.10. The first-order valence-electron chi connectivity index (χ1n) is 7.29. The molecule has 0 aliphatic heterocycles. The van der Waals surface area contributed by atoms with Crippen LogP contribution in [0.4, 0.5) is 0 Å². The summed E-state index contributed by atoms with van der Waals surface area (Å²) >= 11 is 3.79. The molecule has 0 N–H and O–H groups in total. The molecule has 98 valence electrons. The van der Waals surface area contributed by atoms with E-state index in [1.807, 2.05) is 0 Å². The Morgan fingerprint density at radius 1 is 1.06 bits per heavy atom. The van der Waals surface area contributed by atoms with Gasteiger partial charge >= 0.3 is 0 Å². The van der Waals surface area contributed by atoms with Gasteiger partial charge in [0.25, 0.3) is 0 Å². The molecule has 1 heteroatoms. The molecule has 0 fully saturated rings. The molecule has 0 nitrogen and oxygen atoms in total. The molecule has 0 unspecified atom stereocenters. The van der Waals surface area contributed by atoms with Gasteiger partial charge in [0, 0.05) is 4.47 Å². The molecule has 0 amide bonds. The van der Waals surface area contributed by atoms with Crippen LogP contribution in [0.2, 0.25) is 0 Å². The topological polar surface area (TPSA) is 0 Å². The first kappa shape index (κ1) is 13.9. The minimum Gasteiger partial charge on any atom is -0.0795 e. The summed E-state index contributed by atoms with van der Waals surface area (Å²) in [7, 11) is 0. The fourth-order valence-electron chi connectivity index (χ4n) is 2.64. The number of unbranched alkanes of at least 4 members (excludes halogenated alkanes) is 5. The maximum atomic E-state index is 3.79. The van der Waals surface area contributed by atoms with Gasteiger partial charge in [-0.2, -0.15) is 0 Å². The molecule has 0 heterocycles. The monoisotopic (exact) mass is 306 g/mol. The number of rotatable bonds is 7. The molecule has 1 aliphatic rings. The average Bonchev–Trinajstić information content (AvgIpc) is 2.85. The molecule has 2 rings (SSSR count). The van der Waals surface area contributed by atoms with Gasteiger partial charge < -0.3 is 0 Å². The normalized spacial score (nSPS) is 13.0. The summed E-state index contributed by atoms with van der Waals surface area (Å²) in [6, 6.07) is 4.57. The third kappa shape index (κ3) is 3.47. The van der Waals surface area contributed by atoms with Gasteiger partial charge in [-0.1, -0.05) is 79.2 Å². The summed E-state index contributed by atoms with van der Waals surface area (Å²) in [5.41, 5.74) is 4.37. The van der Waals surface area contributed by atoms with E-state index in [1.54, 1.807) is 0 Å². The van der Waals surface area contributed by atoms with Crippen LogP contribution in [0.5, 0.6) is 0 Å². The summed E-state index contributed by atoms with van der Waals surface area (Å²) in [6.45, 7) is 2.27. The third-order valence-electron chi connectivity index (χ3n) is 3.78. The highest BCUT2D eigenvalue weighted by Gasteiger charge is 2.11. The summed E-state index contributed by atoms with van der Waals surface area (Å²) < 4.78 is 1.36. The number of aryl methyl sites for hydroxylation is 1.